The monoisotopic (exact) mass is 1010 g/mol. The third-order valence-corrected chi connectivity index (χ3v) is 19.6. The van der Waals surface area contributed by atoms with Crippen LogP contribution in [0.2, 0.25) is 0 Å². The van der Waals surface area contributed by atoms with Crippen molar-refractivity contribution in [1.82, 2.24) is 0 Å². The number of carboxylic acids is 1. The van der Waals surface area contributed by atoms with Gasteiger partial charge in [0.15, 0.2) is 24.8 Å². The van der Waals surface area contributed by atoms with E-state index in [9.17, 15) is 65.4 Å². The van der Waals surface area contributed by atoms with E-state index < -0.39 is 161 Å². The molecule has 4 saturated carbocycles. The van der Waals surface area contributed by atoms with E-state index in [2.05, 4.69) is 19.9 Å². The van der Waals surface area contributed by atoms with Gasteiger partial charge in [-0.1, -0.05) is 72.3 Å². The first-order valence-corrected chi connectivity index (χ1v) is 25.2. The summed E-state index contributed by atoms with van der Waals surface area (Å²) >= 11 is 0. The molecule has 5 aliphatic carbocycles. The van der Waals surface area contributed by atoms with Crippen LogP contribution in [0.1, 0.15) is 115 Å². The van der Waals surface area contributed by atoms with Crippen LogP contribution in [0, 0.1) is 50.2 Å². The molecule has 0 radical (unpaired) electrons. The Labute approximate surface area is 415 Å². The van der Waals surface area contributed by atoms with Gasteiger partial charge in [-0.3, -0.25) is 0 Å². The lowest BCUT2D eigenvalue weighted by molar-refractivity contribution is -0.374. The number of ether oxygens (including phenoxy) is 6. The van der Waals surface area contributed by atoms with E-state index in [1.165, 1.54) is 0 Å². The maximum atomic E-state index is 13.8. The topological polar surface area (TPSA) is 309 Å². The predicted molar refractivity (Wildman–Crippen MR) is 250 cm³/mol. The molecule has 19 heteroatoms. The van der Waals surface area contributed by atoms with Crippen LogP contribution in [0.25, 0.3) is 0 Å². The maximum Gasteiger partial charge on any atom is 0.335 e. The second kappa shape index (κ2) is 19.7. The summed E-state index contributed by atoms with van der Waals surface area (Å²) in [6.07, 6.45) is -15.8. The zero-order chi connectivity index (χ0) is 52.9. The number of carbonyl (C=O) groups excluding carboxylic acids is 2. The molecule has 0 bridgehead atoms. The number of carbonyl (C=O) groups is 3. The van der Waals surface area contributed by atoms with Gasteiger partial charge in [-0.25, -0.2) is 14.4 Å². The Bertz CT molecular complexity index is 2120. The van der Waals surface area contributed by atoms with E-state index in [1.807, 2.05) is 34.6 Å². The van der Waals surface area contributed by atoms with E-state index in [1.54, 1.807) is 39.8 Å². The van der Waals surface area contributed by atoms with Crippen LogP contribution in [-0.4, -0.2) is 174 Å². The fourth-order valence-corrected chi connectivity index (χ4v) is 15.0. The van der Waals surface area contributed by atoms with Crippen molar-refractivity contribution in [3.8, 4) is 0 Å². The molecule has 0 amide bonds. The van der Waals surface area contributed by atoms with Gasteiger partial charge in [0.2, 0.25) is 0 Å². The number of esters is 2. The van der Waals surface area contributed by atoms with Gasteiger partial charge in [-0.15, -0.1) is 0 Å². The van der Waals surface area contributed by atoms with Crippen LogP contribution in [0.3, 0.4) is 0 Å². The third kappa shape index (κ3) is 8.49. The van der Waals surface area contributed by atoms with Crippen LogP contribution in [-0.2, 0) is 42.8 Å². The number of aliphatic carboxylic acids is 1. The molecule has 71 heavy (non-hydrogen) atoms. The first-order chi connectivity index (χ1) is 33.0. The van der Waals surface area contributed by atoms with Crippen molar-refractivity contribution in [2.45, 2.75) is 207 Å². The highest BCUT2D eigenvalue weighted by Crippen LogP contribution is 2.76. The van der Waals surface area contributed by atoms with Crippen molar-refractivity contribution < 1.29 is 93.9 Å². The molecule has 7 rings (SSSR count). The van der Waals surface area contributed by atoms with E-state index in [0.29, 0.717) is 44.1 Å². The average Bonchev–Trinajstić information content (AvgIpc) is 3.31. The summed E-state index contributed by atoms with van der Waals surface area (Å²) < 4.78 is 36.5. The Hall–Kier alpha value is -2.89. The van der Waals surface area contributed by atoms with Gasteiger partial charge in [-0.05, 0) is 100 Å². The van der Waals surface area contributed by atoms with E-state index >= 15 is 0 Å². The molecule has 0 aromatic carbocycles. The second-order valence-electron chi connectivity index (χ2n) is 23.7. The normalized spacial score (nSPS) is 48.4. The van der Waals surface area contributed by atoms with E-state index in [0.717, 1.165) is 5.57 Å². The molecule has 6 fully saturated rings. The van der Waals surface area contributed by atoms with Crippen molar-refractivity contribution in [2.75, 3.05) is 13.2 Å². The number of fused-ring (bicyclic) bond motifs is 7. The van der Waals surface area contributed by atoms with Crippen molar-refractivity contribution in [3.63, 3.8) is 0 Å². The van der Waals surface area contributed by atoms with Gasteiger partial charge in [0, 0.05) is 22.0 Å². The standard InChI is InChI=1S/C52H80O19/c1-12-23(3)43(64)70-40-41(71-44(65)24(4)13-2)52(22-54)26(20-47(40,5)6)25-14-15-29-49(9)18-17-30(48(7,8)28(49)16-19-50(29,10)51(25,11)38(60)39(52)61)67-46-37(34(58)33(57)36(68-46)42(62)63)69-45-35(59)32(56)31(55)27(21-53)66-45/h12-14,26-41,45-46,53-61H,15-22H2,1-11H3,(H,62,63)/b23-12-,24-13-/t26?,27?,28?,29?,30-,31?,32?,33?,34?,35?,36?,37?,38-,39+,40-,41-,45?,46?,49-,50+,51-,52-/m0/s1. The largest absolute Gasteiger partial charge is 0.479 e. The van der Waals surface area contributed by atoms with Crippen molar-refractivity contribution >= 4 is 17.9 Å². The molecule has 0 aromatic rings. The van der Waals surface area contributed by atoms with E-state index in [4.69, 9.17) is 28.4 Å². The lowest BCUT2D eigenvalue weighted by atomic mass is 9.32. The number of rotatable bonds is 11. The molecule has 2 saturated heterocycles. The summed E-state index contributed by atoms with van der Waals surface area (Å²) in [5.41, 5.74) is -3.97. The number of aliphatic hydroxyl groups excluding tert-OH is 9. The van der Waals surface area contributed by atoms with Crippen LogP contribution < -0.4 is 0 Å². The molecular formula is C52H80O19. The quantitative estimate of drug-likeness (QED) is 0.0611. The molecule has 2 aliphatic heterocycles. The molecule has 2 heterocycles. The van der Waals surface area contributed by atoms with Gasteiger partial charge in [-0.2, -0.15) is 0 Å². The number of hydrogen-bond acceptors (Lipinski definition) is 18. The SMILES string of the molecule is C/C=C(/C)C(=O)O[C@H]1[C@H](OC(=O)/C(C)=C\C)[C@@]2(CO)C(CC1(C)C)C1=CCC3[C@@]4(C)CC[C@H](OC5OC(C(=O)O)C(O)C(O)C5OC5OC(CO)C(O)C(O)C5O)C(C)(C)C4CC[C@@]3(C)[C@]1(C)[C@@H](O)[C@H]2O. The van der Waals surface area contributed by atoms with Gasteiger partial charge in [0.05, 0.1) is 36.9 Å². The molecule has 13 unspecified atom stereocenters. The fourth-order valence-electron chi connectivity index (χ4n) is 15.0. The molecule has 0 aromatic heterocycles. The lowest BCUT2D eigenvalue weighted by Crippen LogP contribution is -2.76. The smallest absolute Gasteiger partial charge is 0.335 e. The number of carboxylic acid groups (broad SMARTS) is 1. The summed E-state index contributed by atoms with van der Waals surface area (Å²) in [7, 11) is 0. The van der Waals surface area contributed by atoms with Gasteiger partial charge < -0.3 is 79.5 Å². The van der Waals surface area contributed by atoms with Crippen LogP contribution >= 0.6 is 0 Å². The Morgan fingerprint density at radius 1 is 0.718 bits per heavy atom. The molecule has 22 atom stereocenters. The Balaban J connectivity index is 1.22. The summed E-state index contributed by atoms with van der Waals surface area (Å²) in [6.45, 7) is 19.5. The summed E-state index contributed by atoms with van der Waals surface area (Å²) in [5.74, 6) is -3.72. The Morgan fingerprint density at radius 2 is 1.32 bits per heavy atom. The molecule has 7 aliphatic rings. The minimum absolute atomic E-state index is 0.0740. The van der Waals surface area contributed by atoms with Crippen LogP contribution in [0.5, 0.6) is 0 Å². The highest BCUT2D eigenvalue weighted by atomic mass is 16.8. The van der Waals surface area contributed by atoms with E-state index in [-0.39, 0.29) is 17.4 Å². The summed E-state index contributed by atoms with van der Waals surface area (Å²) in [4.78, 5) is 39.6. The molecule has 10 N–H and O–H groups in total. The zero-order valence-corrected chi connectivity index (χ0v) is 42.9. The van der Waals surface area contributed by atoms with Gasteiger partial charge in [0.25, 0.3) is 0 Å². The first-order valence-electron chi connectivity index (χ1n) is 25.2. The predicted octanol–water partition coefficient (Wildman–Crippen LogP) is 1.80. The fraction of sp³-hybridized carbons (Fsp3) is 0.827. The van der Waals surface area contributed by atoms with Crippen LogP contribution in [0.15, 0.2) is 34.9 Å². The minimum atomic E-state index is -2.02. The van der Waals surface area contributed by atoms with Crippen molar-refractivity contribution in [1.29, 1.82) is 0 Å². The molecule has 0 spiro atoms. The minimum Gasteiger partial charge on any atom is -0.479 e. The average molecular weight is 1010 g/mol. The summed E-state index contributed by atoms with van der Waals surface area (Å²) in [6, 6.07) is 0. The highest BCUT2D eigenvalue weighted by Gasteiger charge is 2.76. The maximum absolute atomic E-state index is 13.8. The Kier molecular flexibility index (Phi) is 15.5. The summed E-state index contributed by atoms with van der Waals surface area (Å²) in [5, 5.41) is 111. The van der Waals surface area contributed by atoms with Crippen LogP contribution in [0.4, 0.5) is 0 Å². The van der Waals surface area contributed by atoms with Gasteiger partial charge in [0.1, 0.15) is 48.8 Å². The number of aliphatic hydroxyl groups is 9. The molecule has 19 nitrogen and oxygen atoms in total. The zero-order valence-electron chi connectivity index (χ0n) is 42.9. The molecule has 402 valence electrons. The second-order valence-corrected chi connectivity index (χ2v) is 23.7. The first kappa shape index (κ1) is 55.9. The lowest BCUT2D eigenvalue weighted by Gasteiger charge is -2.73. The van der Waals surface area contributed by atoms with Crippen molar-refractivity contribution in [2.24, 2.45) is 50.2 Å². The van der Waals surface area contributed by atoms with Gasteiger partial charge >= 0.3 is 17.9 Å². The third-order valence-electron chi connectivity index (χ3n) is 19.6. The molecular weight excluding hydrogens is 929 g/mol. The Morgan fingerprint density at radius 3 is 1.89 bits per heavy atom. The van der Waals surface area contributed by atoms with Crippen molar-refractivity contribution in [3.05, 3.63) is 34.9 Å². The number of hydrogen-bond donors (Lipinski definition) is 10. The highest BCUT2D eigenvalue weighted by molar-refractivity contribution is 5.89. The number of allylic oxidation sites excluding steroid dienone is 3.